The maximum atomic E-state index is 8.61. The van der Waals surface area contributed by atoms with Crippen LogP contribution in [0.4, 0.5) is 5.69 Å². The minimum Gasteiger partial charge on any atom is -0.271 e. The Morgan fingerprint density at radius 3 is 2.95 bits per heavy atom. The number of rotatable bonds is 1. The highest BCUT2D eigenvalue weighted by Gasteiger charge is 2.03. The molecule has 1 N–H and O–H groups in total. The Hall–Kier alpha value is -1.77. The summed E-state index contributed by atoms with van der Waals surface area (Å²) in [5, 5.41) is 13.2. The second-order valence-corrected chi connectivity index (χ2v) is 5.00. The summed E-state index contributed by atoms with van der Waals surface area (Å²) in [5.74, 6) is 0. The number of benzene rings is 1. The number of hydrogen-bond acceptors (Lipinski definition) is 4. The minimum atomic E-state index is 0.464. The number of aryl methyl sites for hydroxylation is 1. The van der Waals surface area contributed by atoms with Crippen LogP contribution in [-0.4, -0.2) is 16.4 Å². The quantitative estimate of drug-likeness (QED) is 0.286. The average molecular weight is 291 g/mol. The maximum absolute atomic E-state index is 8.61. The molecule has 0 atom stereocenters. The molecule has 0 aliphatic heterocycles. The van der Waals surface area contributed by atoms with Crippen molar-refractivity contribution in [1.82, 2.24) is 10.3 Å². The molecular weight excluding hydrogens is 280 g/mol. The Bertz CT molecular complexity index is 691. The van der Waals surface area contributed by atoms with Crippen LogP contribution >= 0.6 is 23.4 Å². The third-order valence-corrected chi connectivity index (χ3v) is 3.33. The van der Waals surface area contributed by atoms with E-state index in [1.54, 1.807) is 0 Å². The van der Waals surface area contributed by atoms with Crippen LogP contribution in [-0.2, 0) is 0 Å². The van der Waals surface area contributed by atoms with Crippen LogP contribution in [0.3, 0.4) is 0 Å². The normalized spacial score (nSPS) is 11.4. The fourth-order valence-corrected chi connectivity index (χ4v) is 2.31. The van der Waals surface area contributed by atoms with Gasteiger partial charge in [0.2, 0.25) is 0 Å². The molecule has 0 aliphatic carbocycles. The van der Waals surface area contributed by atoms with Crippen molar-refractivity contribution in [3.63, 3.8) is 0 Å². The summed E-state index contributed by atoms with van der Waals surface area (Å²) >= 11 is 7.32. The standard InChI is InChI=1S/C13H11ClN4S/c1-8-5-12(14)18-11-6-9(3-4-10(8)11)17-13(19-2)16-7-15/h3-6H,1-2H3,(H,16,17). The summed E-state index contributed by atoms with van der Waals surface area (Å²) in [7, 11) is 0. The molecule has 0 saturated carbocycles. The fraction of sp³-hybridized carbons (Fsp3) is 0.154. The Morgan fingerprint density at radius 2 is 2.26 bits per heavy atom. The zero-order valence-corrected chi connectivity index (χ0v) is 12.0. The van der Waals surface area contributed by atoms with E-state index in [-0.39, 0.29) is 0 Å². The van der Waals surface area contributed by atoms with Gasteiger partial charge in [-0.05, 0) is 36.9 Å². The second-order valence-electron chi connectivity index (χ2n) is 3.82. The largest absolute Gasteiger partial charge is 0.271 e. The molecule has 2 rings (SSSR count). The monoisotopic (exact) mass is 290 g/mol. The van der Waals surface area contributed by atoms with Crippen molar-refractivity contribution in [2.75, 3.05) is 6.26 Å². The number of halogens is 1. The Labute approximate surface area is 120 Å². The second kappa shape index (κ2) is 5.91. The van der Waals surface area contributed by atoms with Crippen molar-refractivity contribution in [2.24, 2.45) is 4.99 Å². The molecule has 0 fully saturated rings. The van der Waals surface area contributed by atoms with E-state index in [0.717, 1.165) is 22.2 Å². The maximum Gasteiger partial charge on any atom is 0.183 e. The molecule has 0 aliphatic rings. The van der Waals surface area contributed by atoms with E-state index in [0.29, 0.717) is 10.3 Å². The highest BCUT2D eigenvalue weighted by molar-refractivity contribution is 8.13. The molecule has 2 aromatic rings. The van der Waals surface area contributed by atoms with Crippen LogP contribution < -0.4 is 5.32 Å². The van der Waals surface area contributed by atoms with Crippen molar-refractivity contribution in [1.29, 1.82) is 5.26 Å². The summed E-state index contributed by atoms with van der Waals surface area (Å²) < 4.78 is 0. The molecule has 1 heterocycles. The average Bonchev–Trinajstić information content (AvgIpc) is 2.37. The van der Waals surface area contributed by atoms with Crippen molar-refractivity contribution < 1.29 is 0 Å². The predicted octanol–water partition coefficient (Wildman–Crippen LogP) is 3.62. The molecular formula is C13H11ClN4S. The van der Waals surface area contributed by atoms with Gasteiger partial charge in [0.05, 0.1) is 11.2 Å². The number of hydrogen-bond donors (Lipinski definition) is 1. The van der Waals surface area contributed by atoms with Crippen molar-refractivity contribution in [3.8, 4) is 6.19 Å². The van der Waals surface area contributed by atoms with Gasteiger partial charge in [0.15, 0.2) is 11.4 Å². The van der Waals surface area contributed by atoms with Gasteiger partial charge in [-0.25, -0.2) is 9.98 Å². The van der Waals surface area contributed by atoms with Crippen LogP contribution in [0.5, 0.6) is 0 Å². The third kappa shape index (κ3) is 3.16. The minimum absolute atomic E-state index is 0.464. The third-order valence-electron chi connectivity index (χ3n) is 2.56. The molecule has 0 spiro atoms. The first-order chi connectivity index (χ1) is 9.13. The zero-order valence-electron chi connectivity index (χ0n) is 10.4. The van der Waals surface area contributed by atoms with E-state index in [4.69, 9.17) is 16.9 Å². The van der Waals surface area contributed by atoms with E-state index in [1.165, 1.54) is 11.8 Å². The number of nitriles is 1. The lowest BCUT2D eigenvalue weighted by molar-refractivity contribution is 1.28. The predicted molar refractivity (Wildman–Crippen MR) is 80.8 cm³/mol. The van der Waals surface area contributed by atoms with Gasteiger partial charge in [-0.3, -0.25) is 5.32 Å². The number of aromatic nitrogens is 1. The van der Waals surface area contributed by atoms with Crippen molar-refractivity contribution >= 4 is 45.1 Å². The lowest BCUT2D eigenvalue weighted by Crippen LogP contribution is -2.12. The van der Waals surface area contributed by atoms with Crippen LogP contribution in [0.15, 0.2) is 29.3 Å². The van der Waals surface area contributed by atoms with Gasteiger partial charge in [-0.1, -0.05) is 29.4 Å². The van der Waals surface area contributed by atoms with Crippen LogP contribution in [0.2, 0.25) is 5.15 Å². The van der Waals surface area contributed by atoms with Crippen LogP contribution in [0.25, 0.3) is 10.9 Å². The number of fused-ring (bicyclic) bond motifs is 1. The van der Waals surface area contributed by atoms with E-state index in [9.17, 15) is 0 Å². The molecule has 1 aromatic carbocycles. The van der Waals surface area contributed by atoms with E-state index in [2.05, 4.69) is 15.3 Å². The molecule has 0 amide bonds. The van der Waals surface area contributed by atoms with Gasteiger partial charge < -0.3 is 0 Å². The Balaban J connectivity index is 2.50. The summed E-state index contributed by atoms with van der Waals surface area (Å²) in [4.78, 5) is 8.62. The van der Waals surface area contributed by atoms with Gasteiger partial charge in [0.25, 0.3) is 0 Å². The molecule has 0 unspecified atom stereocenters. The molecule has 6 heteroatoms. The molecule has 4 nitrogen and oxygen atoms in total. The van der Waals surface area contributed by atoms with E-state index >= 15 is 0 Å². The number of nitrogens with one attached hydrogen (secondary N) is 1. The first-order valence-corrected chi connectivity index (χ1v) is 7.09. The van der Waals surface area contributed by atoms with Crippen molar-refractivity contribution in [3.05, 3.63) is 35.0 Å². The van der Waals surface area contributed by atoms with Gasteiger partial charge >= 0.3 is 0 Å². The van der Waals surface area contributed by atoms with E-state index in [1.807, 2.05) is 43.6 Å². The summed E-state index contributed by atoms with van der Waals surface area (Å²) in [5.41, 5.74) is 2.60. The van der Waals surface area contributed by atoms with E-state index < -0.39 is 0 Å². The van der Waals surface area contributed by atoms with Crippen LogP contribution in [0, 0.1) is 18.4 Å². The SMILES string of the molecule is CSC(=Nc1ccc2c(C)cc(Cl)nc2c1)NC#N. The molecule has 96 valence electrons. The van der Waals surface area contributed by atoms with Gasteiger partial charge in [0, 0.05) is 5.39 Å². The molecule has 0 bridgehead atoms. The highest BCUT2D eigenvalue weighted by atomic mass is 35.5. The summed E-state index contributed by atoms with van der Waals surface area (Å²) in [6.07, 6.45) is 3.71. The topological polar surface area (TPSA) is 61.1 Å². The van der Waals surface area contributed by atoms with Gasteiger partial charge in [-0.2, -0.15) is 5.26 Å². The fourth-order valence-electron chi connectivity index (χ4n) is 1.71. The summed E-state index contributed by atoms with van der Waals surface area (Å²) in [6, 6.07) is 7.53. The van der Waals surface area contributed by atoms with Gasteiger partial charge in [0.1, 0.15) is 5.15 Å². The molecule has 0 radical (unpaired) electrons. The number of thioether (sulfide) groups is 1. The summed E-state index contributed by atoms with van der Waals surface area (Å²) in [6.45, 7) is 1.99. The number of amidine groups is 1. The molecule has 0 saturated heterocycles. The first kappa shape index (κ1) is 13.7. The number of nitrogens with zero attached hydrogens (tertiary/aromatic N) is 3. The number of aliphatic imine (C=N–C) groups is 1. The van der Waals surface area contributed by atoms with Crippen molar-refractivity contribution in [2.45, 2.75) is 6.92 Å². The lowest BCUT2D eigenvalue weighted by atomic mass is 10.1. The first-order valence-electron chi connectivity index (χ1n) is 5.48. The lowest BCUT2D eigenvalue weighted by Gasteiger charge is -2.04. The smallest absolute Gasteiger partial charge is 0.183 e. The number of pyridine rings is 1. The molecule has 1 aromatic heterocycles. The van der Waals surface area contributed by atoms with Gasteiger partial charge in [-0.15, -0.1) is 0 Å². The highest BCUT2D eigenvalue weighted by Crippen LogP contribution is 2.25. The van der Waals surface area contributed by atoms with Crippen LogP contribution in [0.1, 0.15) is 5.56 Å². The Kier molecular flexibility index (Phi) is 4.25. The molecule has 19 heavy (non-hydrogen) atoms. The zero-order chi connectivity index (χ0) is 13.8. The Morgan fingerprint density at radius 1 is 1.47 bits per heavy atom.